The number of nitrogens with zero attached hydrogens (tertiary/aromatic N) is 4. The molecular weight excluding hydrogens is 295 g/mol. The second-order valence-corrected chi connectivity index (χ2v) is 5.85. The Bertz CT molecular complexity index is 726. The van der Waals surface area contributed by atoms with Crippen molar-refractivity contribution in [2.75, 3.05) is 33.2 Å². The number of rotatable bonds is 2. The first kappa shape index (κ1) is 15.6. The Morgan fingerprint density at radius 2 is 1.91 bits per heavy atom. The third-order valence-electron chi connectivity index (χ3n) is 4.10. The Morgan fingerprint density at radius 1 is 1.17 bits per heavy atom. The van der Waals surface area contributed by atoms with E-state index in [-0.39, 0.29) is 11.7 Å². The van der Waals surface area contributed by atoms with Gasteiger partial charge in [-0.1, -0.05) is 0 Å². The van der Waals surface area contributed by atoms with Gasteiger partial charge in [-0.2, -0.15) is 0 Å². The first-order valence-electron chi connectivity index (χ1n) is 7.61. The number of halogens is 1. The molecule has 0 radical (unpaired) electrons. The highest BCUT2D eigenvalue weighted by molar-refractivity contribution is 5.92. The van der Waals surface area contributed by atoms with Gasteiger partial charge in [-0.15, -0.1) is 0 Å². The summed E-state index contributed by atoms with van der Waals surface area (Å²) in [6.45, 7) is 4.80. The van der Waals surface area contributed by atoms with Crippen molar-refractivity contribution < 1.29 is 9.18 Å². The van der Waals surface area contributed by atoms with Crippen molar-refractivity contribution in [1.82, 2.24) is 19.8 Å². The quantitative estimate of drug-likeness (QED) is 0.850. The number of carbonyl (C=O) groups excluding carboxylic acids is 1. The molecule has 0 saturated carbocycles. The molecule has 2 aromatic rings. The molecule has 23 heavy (non-hydrogen) atoms. The minimum absolute atomic E-state index is 0.105. The highest BCUT2D eigenvalue weighted by atomic mass is 19.1. The molecule has 1 aromatic heterocycles. The zero-order valence-electron chi connectivity index (χ0n) is 13.3. The number of likely N-dealkylation sites (N-methyl/N-ethyl adjacent to an activating group) is 1. The molecule has 0 atom stereocenters. The number of benzene rings is 1. The lowest BCUT2D eigenvalue weighted by molar-refractivity contribution is 0.0658. The van der Waals surface area contributed by atoms with Crippen LogP contribution in [0.3, 0.4) is 0 Å². The van der Waals surface area contributed by atoms with Gasteiger partial charge in [0.1, 0.15) is 11.5 Å². The van der Waals surface area contributed by atoms with E-state index >= 15 is 0 Å². The summed E-state index contributed by atoms with van der Waals surface area (Å²) in [5.41, 5.74) is 2.20. The molecule has 1 amide bonds. The number of aryl methyl sites for hydroxylation is 1. The van der Waals surface area contributed by atoms with Gasteiger partial charge in [-0.25, -0.2) is 9.37 Å². The van der Waals surface area contributed by atoms with Crippen LogP contribution in [-0.2, 0) is 0 Å². The number of aromatic nitrogens is 2. The Balaban J connectivity index is 1.84. The van der Waals surface area contributed by atoms with Crippen molar-refractivity contribution in [1.29, 1.82) is 0 Å². The highest BCUT2D eigenvalue weighted by Crippen LogP contribution is 2.20. The van der Waals surface area contributed by atoms with Gasteiger partial charge in [-0.3, -0.25) is 9.78 Å². The van der Waals surface area contributed by atoms with E-state index in [0.29, 0.717) is 30.0 Å². The van der Waals surface area contributed by atoms with Crippen LogP contribution in [0.4, 0.5) is 4.39 Å². The lowest BCUT2D eigenvalue weighted by Gasteiger charge is -2.32. The van der Waals surface area contributed by atoms with E-state index in [1.807, 2.05) is 7.05 Å². The fraction of sp³-hybridized carbons (Fsp3) is 0.353. The maximum atomic E-state index is 13.4. The van der Waals surface area contributed by atoms with Crippen LogP contribution in [0, 0.1) is 12.7 Å². The van der Waals surface area contributed by atoms with Gasteiger partial charge >= 0.3 is 0 Å². The number of carbonyl (C=O) groups is 1. The number of piperazine rings is 1. The summed E-state index contributed by atoms with van der Waals surface area (Å²) in [6, 6.07) is 4.77. The van der Waals surface area contributed by atoms with Crippen LogP contribution in [0.5, 0.6) is 0 Å². The zero-order chi connectivity index (χ0) is 16.4. The van der Waals surface area contributed by atoms with Gasteiger partial charge in [0, 0.05) is 31.7 Å². The van der Waals surface area contributed by atoms with E-state index in [0.717, 1.165) is 18.7 Å². The average molecular weight is 314 g/mol. The van der Waals surface area contributed by atoms with Gasteiger partial charge in [0.25, 0.3) is 5.91 Å². The minimum Gasteiger partial charge on any atom is -0.335 e. The predicted molar refractivity (Wildman–Crippen MR) is 85.6 cm³/mol. The first-order valence-corrected chi connectivity index (χ1v) is 7.61. The summed E-state index contributed by atoms with van der Waals surface area (Å²) in [7, 11) is 2.04. The zero-order valence-corrected chi connectivity index (χ0v) is 13.3. The predicted octanol–water partition coefficient (Wildman–Crippen LogP) is 1.98. The molecule has 1 aliphatic heterocycles. The standard InChI is InChI=1S/C17H19FN4O/c1-12-9-13(3-4-14(12)18)15-10-19-11-16(20-15)17(23)22-7-5-21(2)6-8-22/h3-4,9-11H,5-8H2,1-2H3. The lowest BCUT2D eigenvalue weighted by Crippen LogP contribution is -2.47. The molecule has 0 N–H and O–H groups in total. The van der Waals surface area contributed by atoms with E-state index in [1.54, 1.807) is 30.2 Å². The third kappa shape index (κ3) is 3.37. The first-order chi connectivity index (χ1) is 11.0. The molecule has 0 unspecified atom stereocenters. The largest absolute Gasteiger partial charge is 0.335 e. The second kappa shape index (κ2) is 6.42. The van der Waals surface area contributed by atoms with Crippen LogP contribution in [0.2, 0.25) is 0 Å². The monoisotopic (exact) mass is 314 g/mol. The molecule has 0 aliphatic carbocycles. The van der Waals surface area contributed by atoms with E-state index in [4.69, 9.17) is 0 Å². The molecule has 6 heteroatoms. The summed E-state index contributed by atoms with van der Waals surface area (Å²) in [5.74, 6) is -0.363. The number of amides is 1. The fourth-order valence-corrected chi connectivity index (χ4v) is 2.58. The van der Waals surface area contributed by atoms with Gasteiger partial charge in [0.15, 0.2) is 0 Å². The molecule has 120 valence electrons. The van der Waals surface area contributed by atoms with Gasteiger partial charge in [0.05, 0.1) is 18.1 Å². The number of hydrogen-bond acceptors (Lipinski definition) is 4. The molecule has 1 aromatic carbocycles. The summed E-state index contributed by atoms with van der Waals surface area (Å²) in [6.07, 6.45) is 3.08. The lowest BCUT2D eigenvalue weighted by atomic mass is 10.1. The van der Waals surface area contributed by atoms with Crippen molar-refractivity contribution in [2.24, 2.45) is 0 Å². The van der Waals surface area contributed by atoms with E-state index < -0.39 is 0 Å². The summed E-state index contributed by atoms with van der Waals surface area (Å²) in [4.78, 5) is 25.1. The van der Waals surface area contributed by atoms with Crippen LogP contribution in [0.15, 0.2) is 30.6 Å². The van der Waals surface area contributed by atoms with Crippen molar-refractivity contribution >= 4 is 5.91 Å². The Morgan fingerprint density at radius 3 is 2.61 bits per heavy atom. The smallest absolute Gasteiger partial charge is 0.274 e. The van der Waals surface area contributed by atoms with E-state index in [2.05, 4.69) is 14.9 Å². The fourth-order valence-electron chi connectivity index (χ4n) is 2.58. The normalized spacial score (nSPS) is 15.7. The highest BCUT2D eigenvalue weighted by Gasteiger charge is 2.22. The molecule has 5 nitrogen and oxygen atoms in total. The maximum absolute atomic E-state index is 13.4. The third-order valence-corrected chi connectivity index (χ3v) is 4.10. The summed E-state index contributed by atoms with van der Waals surface area (Å²) in [5, 5.41) is 0. The Labute approximate surface area is 134 Å². The topological polar surface area (TPSA) is 49.3 Å². The van der Waals surface area contributed by atoms with E-state index in [1.165, 1.54) is 12.3 Å². The summed E-state index contributed by atoms with van der Waals surface area (Å²) >= 11 is 0. The molecular formula is C17H19FN4O. The molecule has 1 saturated heterocycles. The summed E-state index contributed by atoms with van der Waals surface area (Å²) < 4.78 is 13.4. The molecule has 3 rings (SSSR count). The molecule has 0 bridgehead atoms. The van der Waals surface area contributed by atoms with Crippen molar-refractivity contribution in [3.8, 4) is 11.3 Å². The van der Waals surface area contributed by atoms with E-state index in [9.17, 15) is 9.18 Å². The van der Waals surface area contributed by atoms with Crippen LogP contribution in [-0.4, -0.2) is 58.9 Å². The minimum atomic E-state index is -0.258. The van der Waals surface area contributed by atoms with Crippen molar-refractivity contribution in [3.05, 3.63) is 47.7 Å². The SMILES string of the molecule is Cc1cc(-c2cncc(C(=O)N3CCN(C)CC3)n2)ccc1F. The van der Waals surface area contributed by atoms with Crippen LogP contribution in [0.25, 0.3) is 11.3 Å². The molecule has 1 aliphatic rings. The van der Waals surface area contributed by atoms with Crippen LogP contribution >= 0.6 is 0 Å². The van der Waals surface area contributed by atoms with Crippen LogP contribution in [0.1, 0.15) is 16.1 Å². The Hall–Kier alpha value is -2.34. The Kier molecular flexibility index (Phi) is 4.34. The van der Waals surface area contributed by atoms with Gasteiger partial charge < -0.3 is 9.80 Å². The average Bonchev–Trinajstić information content (AvgIpc) is 2.57. The van der Waals surface area contributed by atoms with Gasteiger partial charge in [-0.05, 0) is 37.7 Å². The molecule has 0 spiro atoms. The van der Waals surface area contributed by atoms with Crippen LogP contribution < -0.4 is 0 Å². The number of hydrogen-bond donors (Lipinski definition) is 0. The maximum Gasteiger partial charge on any atom is 0.274 e. The molecule has 2 heterocycles. The van der Waals surface area contributed by atoms with Crippen molar-refractivity contribution in [2.45, 2.75) is 6.92 Å². The molecule has 1 fully saturated rings. The van der Waals surface area contributed by atoms with Crippen molar-refractivity contribution in [3.63, 3.8) is 0 Å². The van der Waals surface area contributed by atoms with Gasteiger partial charge in [0.2, 0.25) is 0 Å². The second-order valence-electron chi connectivity index (χ2n) is 5.85.